The van der Waals surface area contributed by atoms with Gasteiger partial charge in [-0.2, -0.15) is 0 Å². The van der Waals surface area contributed by atoms with Crippen molar-refractivity contribution in [1.29, 1.82) is 0 Å². The Morgan fingerprint density at radius 3 is 2.26 bits per heavy atom. The second-order valence-corrected chi connectivity index (χ2v) is 8.54. The number of hydrogen-bond acceptors (Lipinski definition) is 7. The molecule has 5 atom stereocenters. The lowest BCUT2D eigenvalue weighted by Crippen LogP contribution is -2.61. The number of hydroxylamine groups is 2. The monoisotopic (exact) mass is 473 g/mol. The number of hydrogen-bond donors (Lipinski definition) is 5. The van der Waals surface area contributed by atoms with Gasteiger partial charge in [0.25, 0.3) is 0 Å². The number of amides is 1. The van der Waals surface area contributed by atoms with Gasteiger partial charge in [0.2, 0.25) is 5.91 Å². The molecule has 1 amide bonds. The highest BCUT2D eigenvalue weighted by atomic mass is 16.5. The summed E-state index contributed by atoms with van der Waals surface area (Å²) < 4.78 is 5.20. The van der Waals surface area contributed by atoms with Gasteiger partial charge < -0.3 is 25.2 Å². The van der Waals surface area contributed by atoms with Crippen LogP contribution in [0.15, 0.2) is 54.6 Å². The summed E-state index contributed by atoms with van der Waals surface area (Å²) in [6.45, 7) is -0.836. The molecule has 184 valence electrons. The summed E-state index contributed by atoms with van der Waals surface area (Å²) in [6, 6.07) is 16.7. The second-order valence-electron chi connectivity index (χ2n) is 8.54. The molecule has 2 aromatic rings. The van der Waals surface area contributed by atoms with Gasteiger partial charge in [-0.25, -0.2) is 5.06 Å². The highest BCUT2D eigenvalue weighted by Crippen LogP contribution is 2.24. The third kappa shape index (κ3) is 6.40. The van der Waals surface area contributed by atoms with E-state index in [0.717, 1.165) is 16.7 Å². The van der Waals surface area contributed by atoms with Crippen LogP contribution >= 0.6 is 0 Å². The SMILES string of the molecule is O=C(O)CC(CCCc1ccc(-c2ccccc2)cc1)C(=O)N(O)C1COC(CO)C(O)C1O. The number of aliphatic hydroxyl groups is 3. The van der Waals surface area contributed by atoms with E-state index in [9.17, 15) is 30.1 Å². The summed E-state index contributed by atoms with van der Waals surface area (Å²) in [5, 5.41) is 49.3. The number of carboxylic acid groups (broad SMARTS) is 1. The van der Waals surface area contributed by atoms with Gasteiger partial charge in [0.15, 0.2) is 0 Å². The summed E-state index contributed by atoms with van der Waals surface area (Å²) >= 11 is 0. The standard InChI is InChI=1S/C25H31NO8/c27-14-21-24(31)23(30)20(15-34-21)26(33)25(32)19(13-22(28)29)8-4-5-16-9-11-18(12-10-16)17-6-2-1-3-7-17/h1-3,6-7,9-12,19-21,23-24,27,30-31,33H,4-5,8,13-15H2,(H,28,29). The molecule has 1 saturated heterocycles. The molecule has 5 unspecified atom stereocenters. The maximum Gasteiger partial charge on any atom is 0.304 e. The van der Waals surface area contributed by atoms with E-state index in [1.54, 1.807) is 0 Å². The van der Waals surface area contributed by atoms with Gasteiger partial charge in [-0.15, -0.1) is 0 Å². The lowest BCUT2D eigenvalue weighted by Gasteiger charge is -2.40. The second kappa shape index (κ2) is 12.0. The van der Waals surface area contributed by atoms with E-state index >= 15 is 0 Å². The van der Waals surface area contributed by atoms with Crippen molar-refractivity contribution < 1.29 is 40.0 Å². The maximum absolute atomic E-state index is 12.8. The summed E-state index contributed by atoms with van der Waals surface area (Å²) in [7, 11) is 0. The number of aliphatic carboxylic acids is 1. The Morgan fingerprint density at radius 1 is 1.00 bits per heavy atom. The topological polar surface area (TPSA) is 148 Å². The number of ether oxygens (including phenoxy) is 1. The molecule has 0 aromatic heterocycles. The fraction of sp³-hybridized carbons (Fsp3) is 0.440. The lowest BCUT2D eigenvalue weighted by atomic mass is 9.93. The van der Waals surface area contributed by atoms with Crippen LogP contribution in [-0.2, 0) is 20.7 Å². The van der Waals surface area contributed by atoms with Gasteiger partial charge in [0.1, 0.15) is 24.4 Å². The molecule has 0 saturated carbocycles. The van der Waals surface area contributed by atoms with Gasteiger partial charge in [0, 0.05) is 0 Å². The Balaban J connectivity index is 1.59. The van der Waals surface area contributed by atoms with Crippen LogP contribution in [0.3, 0.4) is 0 Å². The molecule has 2 aromatic carbocycles. The first kappa shape index (κ1) is 25.8. The Labute approximate surface area is 197 Å². The Morgan fingerprint density at radius 2 is 1.65 bits per heavy atom. The zero-order valence-corrected chi connectivity index (χ0v) is 18.7. The third-order valence-electron chi connectivity index (χ3n) is 6.18. The van der Waals surface area contributed by atoms with Crippen molar-refractivity contribution in [3.63, 3.8) is 0 Å². The van der Waals surface area contributed by atoms with E-state index in [1.807, 2.05) is 54.6 Å². The highest BCUT2D eigenvalue weighted by Gasteiger charge is 2.43. The summed E-state index contributed by atoms with van der Waals surface area (Å²) in [5.41, 5.74) is 3.22. The van der Waals surface area contributed by atoms with Crippen molar-refractivity contribution in [3.05, 3.63) is 60.2 Å². The molecule has 0 spiro atoms. The quantitative estimate of drug-likeness (QED) is 0.257. The van der Waals surface area contributed by atoms with Crippen LogP contribution in [0.5, 0.6) is 0 Å². The molecule has 9 heteroatoms. The number of carbonyl (C=O) groups excluding carboxylic acids is 1. The van der Waals surface area contributed by atoms with Crippen molar-refractivity contribution in [2.45, 2.75) is 50.0 Å². The van der Waals surface area contributed by atoms with Crippen LogP contribution in [0.1, 0.15) is 24.8 Å². The Bertz CT molecular complexity index is 936. The van der Waals surface area contributed by atoms with Crippen LogP contribution in [0, 0.1) is 5.92 Å². The molecule has 9 nitrogen and oxygen atoms in total. The molecule has 1 aliphatic heterocycles. The van der Waals surface area contributed by atoms with Crippen molar-refractivity contribution in [2.24, 2.45) is 5.92 Å². The predicted octanol–water partition coefficient (Wildman–Crippen LogP) is 1.47. The van der Waals surface area contributed by atoms with Gasteiger partial charge in [-0.3, -0.25) is 14.8 Å². The van der Waals surface area contributed by atoms with Crippen molar-refractivity contribution in [1.82, 2.24) is 5.06 Å². The molecule has 1 aliphatic rings. The number of benzene rings is 2. The molecule has 0 radical (unpaired) electrons. The minimum Gasteiger partial charge on any atom is -0.481 e. The molecular weight excluding hydrogens is 442 g/mol. The van der Waals surface area contributed by atoms with Crippen molar-refractivity contribution in [3.8, 4) is 11.1 Å². The van der Waals surface area contributed by atoms with Gasteiger partial charge in [-0.05, 0) is 36.0 Å². The Kier molecular flexibility index (Phi) is 9.14. The summed E-state index contributed by atoms with van der Waals surface area (Å²) in [6.07, 6.45) is -3.20. The van der Waals surface area contributed by atoms with Crippen molar-refractivity contribution in [2.75, 3.05) is 13.2 Å². The van der Waals surface area contributed by atoms with E-state index in [1.165, 1.54) is 0 Å². The third-order valence-corrected chi connectivity index (χ3v) is 6.18. The smallest absolute Gasteiger partial charge is 0.304 e. The number of nitrogens with zero attached hydrogens (tertiary/aromatic N) is 1. The molecule has 3 rings (SSSR count). The van der Waals surface area contributed by atoms with Crippen LogP contribution in [-0.4, -0.2) is 80.1 Å². The highest BCUT2D eigenvalue weighted by molar-refractivity contribution is 5.82. The van der Waals surface area contributed by atoms with Crippen LogP contribution in [0.25, 0.3) is 11.1 Å². The van der Waals surface area contributed by atoms with E-state index in [2.05, 4.69) is 0 Å². The largest absolute Gasteiger partial charge is 0.481 e. The van der Waals surface area contributed by atoms with Crippen LogP contribution in [0.2, 0.25) is 0 Å². The van der Waals surface area contributed by atoms with Crippen LogP contribution in [0.4, 0.5) is 0 Å². The normalized spacial score (nSPS) is 23.3. The molecule has 34 heavy (non-hydrogen) atoms. The fourth-order valence-corrected chi connectivity index (χ4v) is 4.16. The zero-order chi connectivity index (χ0) is 24.7. The van der Waals surface area contributed by atoms with Crippen molar-refractivity contribution >= 4 is 11.9 Å². The average Bonchev–Trinajstić information content (AvgIpc) is 2.85. The average molecular weight is 474 g/mol. The number of aliphatic hydroxyl groups excluding tert-OH is 3. The molecular formula is C25H31NO8. The van der Waals surface area contributed by atoms with Gasteiger partial charge in [0.05, 0.1) is 25.6 Å². The van der Waals surface area contributed by atoms with E-state index < -0.39 is 55.2 Å². The lowest BCUT2D eigenvalue weighted by molar-refractivity contribution is -0.237. The van der Waals surface area contributed by atoms with Crippen LogP contribution < -0.4 is 0 Å². The zero-order valence-electron chi connectivity index (χ0n) is 18.7. The maximum atomic E-state index is 12.8. The minimum atomic E-state index is -1.55. The Hall–Kier alpha value is -2.82. The molecule has 5 N–H and O–H groups in total. The molecule has 0 aliphatic carbocycles. The first-order chi connectivity index (χ1) is 16.3. The molecule has 0 bridgehead atoms. The summed E-state index contributed by atoms with van der Waals surface area (Å²) in [4.78, 5) is 24.2. The first-order valence-corrected chi connectivity index (χ1v) is 11.3. The number of aryl methyl sites for hydroxylation is 1. The van der Waals surface area contributed by atoms with E-state index in [-0.39, 0.29) is 18.1 Å². The van der Waals surface area contributed by atoms with Gasteiger partial charge >= 0.3 is 5.97 Å². The van der Waals surface area contributed by atoms with E-state index in [0.29, 0.717) is 12.8 Å². The number of rotatable bonds is 10. The molecule has 1 heterocycles. The fourth-order valence-electron chi connectivity index (χ4n) is 4.16. The molecule has 1 fully saturated rings. The van der Waals surface area contributed by atoms with Gasteiger partial charge in [-0.1, -0.05) is 54.6 Å². The summed E-state index contributed by atoms with van der Waals surface area (Å²) in [5.74, 6) is -3.05. The first-order valence-electron chi connectivity index (χ1n) is 11.3. The minimum absolute atomic E-state index is 0.216. The van der Waals surface area contributed by atoms with E-state index in [4.69, 9.17) is 9.84 Å². The number of carboxylic acids is 1. The predicted molar refractivity (Wildman–Crippen MR) is 122 cm³/mol. The number of carbonyl (C=O) groups is 2.